The molecule has 20 heavy (non-hydrogen) atoms. The first-order chi connectivity index (χ1) is 9.44. The number of halogens is 1. The first-order valence-electron chi connectivity index (χ1n) is 7.08. The maximum absolute atomic E-state index is 6.14. The molecule has 0 saturated heterocycles. The van der Waals surface area contributed by atoms with Crippen molar-refractivity contribution in [1.82, 2.24) is 10.3 Å². The smallest absolute Gasteiger partial charge is 0.213 e. The highest BCUT2D eigenvalue weighted by Gasteiger charge is 2.20. The SMILES string of the molecule is CC(C)(C)OCCOc1cc(CNC2CC2)c(Cl)cn1. The molecular weight excluding hydrogens is 276 g/mol. The molecule has 1 N–H and O–H groups in total. The highest BCUT2D eigenvalue weighted by Crippen LogP contribution is 2.23. The molecule has 0 aliphatic heterocycles. The van der Waals surface area contributed by atoms with Crippen LogP contribution in [0, 0.1) is 0 Å². The number of aromatic nitrogens is 1. The van der Waals surface area contributed by atoms with Crippen molar-refractivity contribution >= 4 is 11.6 Å². The molecule has 0 unspecified atom stereocenters. The van der Waals surface area contributed by atoms with Crippen molar-refractivity contribution in [3.8, 4) is 5.88 Å². The van der Waals surface area contributed by atoms with E-state index in [0.717, 1.165) is 12.1 Å². The molecule has 0 atom stereocenters. The van der Waals surface area contributed by atoms with Crippen molar-refractivity contribution in [2.24, 2.45) is 0 Å². The number of ether oxygens (including phenoxy) is 2. The average molecular weight is 299 g/mol. The molecule has 0 aromatic carbocycles. The summed E-state index contributed by atoms with van der Waals surface area (Å²) in [4.78, 5) is 4.18. The second kappa shape index (κ2) is 6.74. The Morgan fingerprint density at radius 3 is 2.75 bits per heavy atom. The fourth-order valence-corrected chi connectivity index (χ4v) is 1.88. The minimum Gasteiger partial charge on any atom is -0.475 e. The van der Waals surface area contributed by atoms with E-state index in [9.17, 15) is 0 Å². The van der Waals surface area contributed by atoms with Gasteiger partial charge in [-0.05, 0) is 39.2 Å². The van der Waals surface area contributed by atoms with Gasteiger partial charge in [0.1, 0.15) is 6.61 Å². The zero-order valence-corrected chi connectivity index (χ0v) is 13.2. The zero-order chi connectivity index (χ0) is 14.6. The quantitative estimate of drug-likeness (QED) is 0.785. The van der Waals surface area contributed by atoms with Crippen molar-refractivity contribution in [3.05, 3.63) is 22.8 Å². The predicted molar refractivity (Wildman–Crippen MR) is 80.3 cm³/mol. The Kier molecular flexibility index (Phi) is 5.24. The molecule has 0 radical (unpaired) electrons. The van der Waals surface area contributed by atoms with Crippen LogP contribution < -0.4 is 10.1 Å². The molecule has 4 nitrogen and oxygen atoms in total. The fourth-order valence-electron chi connectivity index (χ4n) is 1.71. The van der Waals surface area contributed by atoms with Crippen LogP contribution in [0.4, 0.5) is 0 Å². The summed E-state index contributed by atoms with van der Waals surface area (Å²) in [6.07, 6.45) is 4.16. The van der Waals surface area contributed by atoms with E-state index >= 15 is 0 Å². The van der Waals surface area contributed by atoms with Crippen LogP contribution in [-0.2, 0) is 11.3 Å². The maximum atomic E-state index is 6.14. The third kappa shape index (κ3) is 5.65. The minimum atomic E-state index is -0.143. The lowest BCUT2D eigenvalue weighted by Gasteiger charge is -2.19. The van der Waals surface area contributed by atoms with Crippen LogP contribution in [0.2, 0.25) is 5.02 Å². The number of hydrogen-bond acceptors (Lipinski definition) is 4. The van der Waals surface area contributed by atoms with Gasteiger partial charge >= 0.3 is 0 Å². The fraction of sp³-hybridized carbons (Fsp3) is 0.667. The molecular formula is C15H23ClN2O2. The first-order valence-corrected chi connectivity index (χ1v) is 7.46. The molecule has 1 aromatic rings. The van der Waals surface area contributed by atoms with Crippen LogP contribution in [0.15, 0.2) is 12.3 Å². The van der Waals surface area contributed by atoms with Crippen molar-refractivity contribution in [3.63, 3.8) is 0 Å². The Morgan fingerprint density at radius 2 is 2.10 bits per heavy atom. The lowest BCUT2D eigenvalue weighted by atomic mass is 10.2. The summed E-state index contributed by atoms with van der Waals surface area (Å²) in [7, 11) is 0. The van der Waals surface area contributed by atoms with Gasteiger partial charge in [0.15, 0.2) is 0 Å². The van der Waals surface area contributed by atoms with Gasteiger partial charge in [-0.25, -0.2) is 4.98 Å². The van der Waals surface area contributed by atoms with E-state index < -0.39 is 0 Å². The topological polar surface area (TPSA) is 43.4 Å². The molecule has 0 spiro atoms. The summed E-state index contributed by atoms with van der Waals surface area (Å²) >= 11 is 6.14. The lowest BCUT2D eigenvalue weighted by molar-refractivity contribution is -0.0168. The van der Waals surface area contributed by atoms with Gasteiger partial charge in [-0.2, -0.15) is 0 Å². The summed E-state index contributed by atoms with van der Waals surface area (Å²) in [5.41, 5.74) is 0.885. The predicted octanol–water partition coefficient (Wildman–Crippen LogP) is 3.18. The first kappa shape index (κ1) is 15.5. The van der Waals surface area contributed by atoms with Crippen molar-refractivity contribution < 1.29 is 9.47 Å². The maximum Gasteiger partial charge on any atom is 0.213 e. The Morgan fingerprint density at radius 1 is 1.35 bits per heavy atom. The molecule has 1 heterocycles. The Bertz CT molecular complexity index is 442. The van der Waals surface area contributed by atoms with E-state index in [1.807, 2.05) is 26.8 Å². The van der Waals surface area contributed by atoms with Gasteiger partial charge in [0.25, 0.3) is 0 Å². The van der Waals surface area contributed by atoms with Crippen LogP contribution >= 0.6 is 11.6 Å². The van der Waals surface area contributed by atoms with E-state index in [4.69, 9.17) is 21.1 Å². The highest BCUT2D eigenvalue weighted by molar-refractivity contribution is 6.31. The van der Waals surface area contributed by atoms with Gasteiger partial charge in [0, 0.05) is 24.8 Å². The normalized spacial score (nSPS) is 15.4. The monoisotopic (exact) mass is 298 g/mol. The van der Waals surface area contributed by atoms with Crippen molar-refractivity contribution in [2.75, 3.05) is 13.2 Å². The zero-order valence-electron chi connectivity index (χ0n) is 12.4. The Balaban J connectivity index is 1.80. The molecule has 1 aromatic heterocycles. The summed E-state index contributed by atoms with van der Waals surface area (Å²) in [6.45, 7) is 7.87. The molecule has 1 aliphatic carbocycles. The number of pyridine rings is 1. The van der Waals surface area contributed by atoms with Gasteiger partial charge in [0.05, 0.1) is 17.2 Å². The third-order valence-corrected chi connectivity index (χ3v) is 3.28. The number of nitrogens with zero attached hydrogens (tertiary/aromatic N) is 1. The van der Waals surface area contributed by atoms with Gasteiger partial charge < -0.3 is 14.8 Å². The Labute approximate surface area is 125 Å². The summed E-state index contributed by atoms with van der Waals surface area (Å²) in [5.74, 6) is 0.597. The summed E-state index contributed by atoms with van der Waals surface area (Å²) < 4.78 is 11.2. The van der Waals surface area contributed by atoms with Crippen LogP contribution in [0.1, 0.15) is 39.2 Å². The number of rotatable bonds is 7. The molecule has 5 heteroatoms. The van der Waals surface area contributed by atoms with Crippen LogP contribution in [0.5, 0.6) is 5.88 Å². The number of hydrogen-bond donors (Lipinski definition) is 1. The van der Waals surface area contributed by atoms with E-state index in [0.29, 0.717) is 30.2 Å². The van der Waals surface area contributed by atoms with E-state index in [2.05, 4.69) is 10.3 Å². The molecule has 1 saturated carbocycles. The second-order valence-corrected chi connectivity index (χ2v) is 6.49. The van der Waals surface area contributed by atoms with Gasteiger partial charge in [0.2, 0.25) is 5.88 Å². The summed E-state index contributed by atoms with van der Waals surface area (Å²) in [5, 5.41) is 4.11. The van der Waals surface area contributed by atoms with Crippen LogP contribution in [0.25, 0.3) is 0 Å². The van der Waals surface area contributed by atoms with E-state index in [1.165, 1.54) is 12.8 Å². The van der Waals surface area contributed by atoms with E-state index in [1.54, 1.807) is 6.20 Å². The number of nitrogens with one attached hydrogen (secondary N) is 1. The summed E-state index contributed by atoms with van der Waals surface area (Å²) in [6, 6.07) is 2.55. The molecule has 1 fully saturated rings. The lowest BCUT2D eigenvalue weighted by Crippen LogP contribution is -2.22. The molecule has 0 bridgehead atoms. The van der Waals surface area contributed by atoms with Gasteiger partial charge in [-0.1, -0.05) is 11.6 Å². The molecule has 112 valence electrons. The Hall–Kier alpha value is -0.840. The standard InChI is InChI=1S/C15H23ClN2O2/c1-15(2,3)20-7-6-19-14-8-11(13(16)10-18-14)9-17-12-4-5-12/h8,10,12,17H,4-7,9H2,1-3H3. The largest absolute Gasteiger partial charge is 0.475 e. The van der Waals surface area contributed by atoms with Gasteiger partial charge in [-0.3, -0.25) is 0 Å². The van der Waals surface area contributed by atoms with Crippen LogP contribution in [-0.4, -0.2) is 29.8 Å². The average Bonchev–Trinajstić information content (AvgIpc) is 3.17. The second-order valence-electron chi connectivity index (χ2n) is 6.08. The van der Waals surface area contributed by atoms with Crippen molar-refractivity contribution in [2.45, 2.75) is 51.8 Å². The van der Waals surface area contributed by atoms with Gasteiger partial charge in [-0.15, -0.1) is 0 Å². The molecule has 1 aliphatic rings. The minimum absolute atomic E-state index is 0.143. The molecule has 0 amide bonds. The van der Waals surface area contributed by atoms with Crippen LogP contribution in [0.3, 0.4) is 0 Å². The van der Waals surface area contributed by atoms with E-state index in [-0.39, 0.29) is 5.60 Å². The van der Waals surface area contributed by atoms with Crippen molar-refractivity contribution in [1.29, 1.82) is 0 Å². The molecule has 2 rings (SSSR count). The highest BCUT2D eigenvalue weighted by atomic mass is 35.5. The third-order valence-electron chi connectivity index (χ3n) is 2.94.